The van der Waals surface area contributed by atoms with E-state index < -0.39 is 23.9 Å². The van der Waals surface area contributed by atoms with Gasteiger partial charge in [-0.3, -0.25) is 4.98 Å². The molecule has 0 amide bonds. The molecule has 1 heterocycles. The Morgan fingerprint density at radius 2 is 1.85 bits per heavy atom. The molecule has 0 fully saturated rings. The Morgan fingerprint density at radius 1 is 1.23 bits per heavy atom. The van der Waals surface area contributed by atoms with Gasteiger partial charge in [0.1, 0.15) is 5.69 Å². The summed E-state index contributed by atoms with van der Waals surface area (Å²) in [6.07, 6.45) is -6.88. The summed E-state index contributed by atoms with van der Waals surface area (Å²) in [5.41, 5.74) is -1.98. The molecule has 0 aromatic carbocycles. The Morgan fingerprint density at radius 3 is 2.31 bits per heavy atom. The lowest BCUT2D eigenvalue weighted by atomic mass is 10.2. The molecule has 0 radical (unpaired) electrons. The third kappa shape index (κ3) is 2.37. The first-order valence-electron chi connectivity index (χ1n) is 3.22. The largest absolute Gasteiger partial charge is 0.416 e. The minimum Gasteiger partial charge on any atom is -0.255 e. The molecule has 0 aliphatic heterocycles. The lowest BCUT2D eigenvalue weighted by molar-refractivity contribution is -0.137. The van der Waals surface area contributed by atoms with E-state index >= 15 is 0 Å². The fourth-order valence-electron chi connectivity index (χ4n) is 0.744. The summed E-state index contributed by atoms with van der Waals surface area (Å²) in [5, 5.41) is 0. The number of halogens is 5. The van der Waals surface area contributed by atoms with Gasteiger partial charge in [-0.1, -0.05) is 0 Å². The Balaban J connectivity index is 3.06. The molecule has 72 valence electrons. The molecule has 0 atom stereocenters. The average Bonchev–Trinajstić information content (AvgIpc) is 2.03. The highest BCUT2D eigenvalue weighted by Crippen LogP contribution is 2.30. The van der Waals surface area contributed by atoms with Gasteiger partial charge in [-0.15, -0.1) is 0 Å². The van der Waals surface area contributed by atoms with Gasteiger partial charge in [0.2, 0.25) is 0 Å². The SMILES string of the molecule is FC(F)c1cc(C(F)(F)F)ccn1. The molecular weight excluding hydrogens is 193 g/mol. The van der Waals surface area contributed by atoms with Crippen LogP contribution in [0.25, 0.3) is 0 Å². The second-order valence-electron chi connectivity index (χ2n) is 2.27. The van der Waals surface area contributed by atoms with Gasteiger partial charge in [0.15, 0.2) is 0 Å². The van der Waals surface area contributed by atoms with Crippen LogP contribution in [0.2, 0.25) is 0 Å². The molecule has 1 rings (SSSR count). The highest BCUT2D eigenvalue weighted by molar-refractivity contribution is 5.19. The third-order valence-electron chi connectivity index (χ3n) is 1.33. The van der Waals surface area contributed by atoms with E-state index in [4.69, 9.17) is 0 Å². The van der Waals surface area contributed by atoms with E-state index in [9.17, 15) is 22.0 Å². The Hall–Kier alpha value is -1.20. The quantitative estimate of drug-likeness (QED) is 0.630. The van der Waals surface area contributed by atoms with Crippen LogP contribution >= 0.6 is 0 Å². The first-order chi connectivity index (χ1) is 5.91. The topological polar surface area (TPSA) is 12.9 Å². The maximum Gasteiger partial charge on any atom is 0.416 e. The summed E-state index contributed by atoms with van der Waals surface area (Å²) in [6.45, 7) is 0. The number of rotatable bonds is 1. The van der Waals surface area contributed by atoms with Crippen LogP contribution in [-0.4, -0.2) is 4.98 Å². The molecule has 13 heavy (non-hydrogen) atoms. The molecule has 1 aromatic rings. The maximum absolute atomic E-state index is 12.0. The van der Waals surface area contributed by atoms with Crippen LogP contribution in [0.15, 0.2) is 18.3 Å². The van der Waals surface area contributed by atoms with E-state index in [0.29, 0.717) is 18.3 Å². The van der Waals surface area contributed by atoms with Gasteiger partial charge in [-0.2, -0.15) is 13.2 Å². The predicted octanol–water partition coefficient (Wildman–Crippen LogP) is 3.04. The van der Waals surface area contributed by atoms with Crippen molar-refractivity contribution in [3.05, 3.63) is 29.6 Å². The molecule has 0 aliphatic rings. The minimum absolute atomic E-state index is 0.338. The van der Waals surface area contributed by atoms with Crippen molar-refractivity contribution in [2.45, 2.75) is 12.6 Å². The van der Waals surface area contributed by atoms with Crippen LogP contribution in [-0.2, 0) is 6.18 Å². The summed E-state index contributed by atoms with van der Waals surface area (Å²) in [7, 11) is 0. The second kappa shape index (κ2) is 3.27. The van der Waals surface area contributed by atoms with E-state index in [1.54, 1.807) is 0 Å². The Bertz CT molecular complexity index is 293. The van der Waals surface area contributed by atoms with Gasteiger partial charge in [-0.05, 0) is 12.1 Å². The summed E-state index contributed by atoms with van der Waals surface area (Å²) >= 11 is 0. The van der Waals surface area contributed by atoms with Crippen molar-refractivity contribution in [3.8, 4) is 0 Å². The molecule has 6 heteroatoms. The zero-order chi connectivity index (χ0) is 10.1. The van der Waals surface area contributed by atoms with Crippen molar-refractivity contribution in [1.82, 2.24) is 4.98 Å². The molecule has 0 bridgehead atoms. The number of hydrogen-bond donors (Lipinski definition) is 0. The molecular formula is C7H4F5N. The zero-order valence-electron chi connectivity index (χ0n) is 6.15. The van der Waals surface area contributed by atoms with E-state index in [1.165, 1.54) is 0 Å². The van der Waals surface area contributed by atoms with Crippen LogP contribution in [0.5, 0.6) is 0 Å². The normalized spacial score (nSPS) is 12.2. The first kappa shape index (κ1) is 9.88. The van der Waals surface area contributed by atoms with Crippen LogP contribution in [0.1, 0.15) is 17.7 Å². The van der Waals surface area contributed by atoms with Gasteiger partial charge in [0.25, 0.3) is 6.43 Å². The number of nitrogens with zero attached hydrogens (tertiary/aromatic N) is 1. The minimum atomic E-state index is -4.60. The van der Waals surface area contributed by atoms with E-state index in [1.807, 2.05) is 0 Å². The molecule has 0 spiro atoms. The maximum atomic E-state index is 12.0. The van der Waals surface area contributed by atoms with Crippen molar-refractivity contribution >= 4 is 0 Å². The van der Waals surface area contributed by atoms with Gasteiger partial charge in [0, 0.05) is 6.20 Å². The highest BCUT2D eigenvalue weighted by Gasteiger charge is 2.31. The number of hydrogen-bond acceptors (Lipinski definition) is 1. The summed E-state index contributed by atoms with van der Waals surface area (Å²) in [6, 6.07) is 0.983. The molecule has 1 aromatic heterocycles. The standard InChI is InChI=1S/C7H4F5N/c8-6(9)5-3-4(1-2-13-5)7(10,11)12/h1-3,6H. The smallest absolute Gasteiger partial charge is 0.255 e. The van der Waals surface area contributed by atoms with E-state index in [2.05, 4.69) is 4.98 Å². The van der Waals surface area contributed by atoms with E-state index in [0.717, 1.165) is 0 Å². The molecule has 0 unspecified atom stereocenters. The summed E-state index contributed by atoms with van der Waals surface area (Å²) in [4.78, 5) is 3.10. The van der Waals surface area contributed by atoms with Gasteiger partial charge < -0.3 is 0 Å². The Labute approximate surface area is 70.2 Å². The zero-order valence-corrected chi connectivity index (χ0v) is 6.15. The van der Waals surface area contributed by atoms with Gasteiger partial charge in [0.05, 0.1) is 5.56 Å². The third-order valence-corrected chi connectivity index (χ3v) is 1.33. The van der Waals surface area contributed by atoms with Crippen molar-refractivity contribution in [1.29, 1.82) is 0 Å². The number of pyridine rings is 1. The fourth-order valence-corrected chi connectivity index (χ4v) is 0.744. The second-order valence-corrected chi connectivity index (χ2v) is 2.27. The van der Waals surface area contributed by atoms with Crippen molar-refractivity contribution < 1.29 is 22.0 Å². The summed E-state index contributed by atoms with van der Waals surface area (Å²) < 4.78 is 59.7. The lowest BCUT2D eigenvalue weighted by Gasteiger charge is -2.06. The number of alkyl halides is 5. The van der Waals surface area contributed by atoms with Crippen LogP contribution in [0.3, 0.4) is 0 Å². The summed E-state index contributed by atoms with van der Waals surface area (Å²) in [5.74, 6) is 0. The first-order valence-corrected chi connectivity index (χ1v) is 3.22. The van der Waals surface area contributed by atoms with Gasteiger partial charge >= 0.3 is 6.18 Å². The number of aromatic nitrogens is 1. The Kier molecular flexibility index (Phi) is 2.49. The van der Waals surface area contributed by atoms with Gasteiger partial charge in [-0.25, -0.2) is 8.78 Å². The fraction of sp³-hybridized carbons (Fsp3) is 0.286. The van der Waals surface area contributed by atoms with Crippen LogP contribution in [0, 0.1) is 0 Å². The van der Waals surface area contributed by atoms with E-state index in [-0.39, 0.29) is 0 Å². The molecule has 0 saturated heterocycles. The van der Waals surface area contributed by atoms with Crippen molar-refractivity contribution in [2.24, 2.45) is 0 Å². The molecule has 0 N–H and O–H groups in total. The molecule has 1 nitrogen and oxygen atoms in total. The molecule has 0 saturated carbocycles. The monoisotopic (exact) mass is 197 g/mol. The van der Waals surface area contributed by atoms with Crippen LogP contribution < -0.4 is 0 Å². The molecule has 0 aliphatic carbocycles. The van der Waals surface area contributed by atoms with Crippen molar-refractivity contribution in [2.75, 3.05) is 0 Å². The predicted molar refractivity (Wildman–Crippen MR) is 34.2 cm³/mol. The highest BCUT2D eigenvalue weighted by atomic mass is 19.4. The lowest BCUT2D eigenvalue weighted by Crippen LogP contribution is -2.06. The average molecular weight is 197 g/mol. The van der Waals surface area contributed by atoms with Crippen molar-refractivity contribution in [3.63, 3.8) is 0 Å². The van der Waals surface area contributed by atoms with Crippen LogP contribution in [0.4, 0.5) is 22.0 Å².